The zero-order chi connectivity index (χ0) is 16.2. The van der Waals surface area contributed by atoms with Gasteiger partial charge in [-0.3, -0.25) is 0 Å². The average Bonchev–Trinajstić information content (AvgIpc) is 3.03. The van der Waals surface area contributed by atoms with Gasteiger partial charge in [-0.25, -0.2) is 14.6 Å². The first-order chi connectivity index (χ1) is 11.2. The molecule has 0 bridgehead atoms. The Balaban J connectivity index is 1.80. The standard InChI is InChI=1S/C16H18N6O/c1-21(2)15-8-4-6-12(17-15)10-22-11-14(19-20-22)13-7-5-9-16(18-13)23-3/h4-9,11H,10H2,1-3H3. The summed E-state index contributed by atoms with van der Waals surface area (Å²) >= 11 is 0. The van der Waals surface area contributed by atoms with Crippen molar-refractivity contribution < 1.29 is 4.74 Å². The van der Waals surface area contributed by atoms with Crippen molar-refractivity contribution in [2.75, 3.05) is 26.1 Å². The van der Waals surface area contributed by atoms with Gasteiger partial charge < -0.3 is 9.64 Å². The summed E-state index contributed by atoms with van der Waals surface area (Å²) in [5, 5.41) is 8.32. The van der Waals surface area contributed by atoms with E-state index in [0.717, 1.165) is 17.2 Å². The van der Waals surface area contributed by atoms with Gasteiger partial charge in [0.1, 0.15) is 11.5 Å². The summed E-state index contributed by atoms with van der Waals surface area (Å²) in [5.74, 6) is 1.47. The second-order valence-electron chi connectivity index (χ2n) is 5.25. The number of hydrogen-bond acceptors (Lipinski definition) is 6. The summed E-state index contributed by atoms with van der Waals surface area (Å²) in [6, 6.07) is 11.5. The molecule has 0 atom stereocenters. The molecule has 0 fully saturated rings. The topological polar surface area (TPSA) is 69.0 Å². The second-order valence-corrected chi connectivity index (χ2v) is 5.25. The average molecular weight is 310 g/mol. The molecule has 0 N–H and O–H groups in total. The predicted molar refractivity (Wildman–Crippen MR) is 87.5 cm³/mol. The number of anilines is 1. The van der Waals surface area contributed by atoms with Crippen LogP contribution in [0.15, 0.2) is 42.6 Å². The minimum absolute atomic E-state index is 0.553. The molecule has 0 aliphatic rings. The molecule has 3 aromatic heterocycles. The quantitative estimate of drug-likeness (QED) is 0.716. The van der Waals surface area contributed by atoms with E-state index in [1.165, 1.54) is 0 Å². The Labute approximate surface area is 134 Å². The van der Waals surface area contributed by atoms with Gasteiger partial charge in [-0.05, 0) is 18.2 Å². The van der Waals surface area contributed by atoms with E-state index in [-0.39, 0.29) is 0 Å². The highest BCUT2D eigenvalue weighted by molar-refractivity contribution is 5.52. The van der Waals surface area contributed by atoms with Crippen LogP contribution in [0.5, 0.6) is 5.88 Å². The molecule has 118 valence electrons. The van der Waals surface area contributed by atoms with Crippen molar-refractivity contribution in [3.05, 3.63) is 48.3 Å². The SMILES string of the molecule is COc1cccc(-c2cn(Cc3cccc(N(C)C)n3)nn2)n1. The van der Waals surface area contributed by atoms with Crippen LogP contribution in [0.25, 0.3) is 11.4 Å². The highest BCUT2D eigenvalue weighted by Crippen LogP contribution is 2.17. The number of pyridine rings is 2. The zero-order valence-corrected chi connectivity index (χ0v) is 13.3. The van der Waals surface area contributed by atoms with Crippen LogP contribution in [0.1, 0.15) is 5.69 Å². The number of methoxy groups -OCH3 is 1. The lowest BCUT2D eigenvalue weighted by Crippen LogP contribution is -2.12. The number of hydrogen-bond donors (Lipinski definition) is 0. The van der Waals surface area contributed by atoms with E-state index in [0.29, 0.717) is 18.1 Å². The number of aromatic nitrogens is 5. The predicted octanol–water partition coefficient (Wildman–Crippen LogP) is 1.86. The van der Waals surface area contributed by atoms with Gasteiger partial charge in [0.15, 0.2) is 0 Å². The minimum atomic E-state index is 0.553. The fourth-order valence-corrected chi connectivity index (χ4v) is 2.13. The molecule has 0 amide bonds. The zero-order valence-electron chi connectivity index (χ0n) is 13.3. The fraction of sp³-hybridized carbons (Fsp3) is 0.250. The van der Waals surface area contributed by atoms with Crippen LogP contribution >= 0.6 is 0 Å². The molecule has 3 heterocycles. The maximum Gasteiger partial charge on any atom is 0.213 e. The van der Waals surface area contributed by atoms with Crippen LogP contribution in [-0.4, -0.2) is 46.2 Å². The van der Waals surface area contributed by atoms with E-state index in [2.05, 4.69) is 20.3 Å². The van der Waals surface area contributed by atoms with Crippen LogP contribution in [-0.2, 0) is 6.54 Å². The van der Waals surface area contributed by atoms with E-state index in [9.17, 15) is 0 Å². The van der Waals surface area contributed by atoms with Crippen molar-refractivity contribution >= 4 is 5.82 Å². The Bertz CT molecular complexity index is 799. The first-order valence-corrected chi connectivity index (χ1v) is 7.20. The molecular weight excluding hydrogens is 292 g/mol. The molecule has 3 rings (SSSR count). The first-order valence-electron chi connectivity index (χ1n) is 7.20. The van der Waals surface area contributed by atoms with Crippen LogP contribution in [0.4, 0.5) is 5.82 Å². The van der Waals surface area contributed by atoms with E-state index in [4.69, 9.17) is 4.74 Å². The summed E-state index contributed by atoms with van der Waals surface area (Å²) in [7, 11) is 5.52. The molecule has 23 heavy (non-hydrogen) atoms. The number of rotatable bonds is 5. The van der Waals surface area contributed by atoms with Crippen LogP contribution in [0, 0.1) is 0 Å². The molecule has 0 radical (unpaired) electrons. The fourth-order valence-electron chi connectivity index (χ4n) is 2.13. The summed E-state index contributed by atoms with van der Waals surface area (Å²) in [5.41, 5.74) is 2.35. The molecule has 0 unspecified atom stereocenters. The lowest BCUT2D eigenvalue weighted by molar-refractivity contribution is 0.398. The summed E-state index contributed by atoms with van der Waals surface area (Å²) in [6.45, 7) is 0.554. The van der Waals surface area contributed by atoms with Gasteiger partial charge in [0, 0.05) is 20.2 Å². The number of ether oxygens (including phenoxy) is 1. The second kappa shape index (κ2) is 6.43. The summed E-state index contributed by atoms with van der Waals surface area (Å²) in [4.78, 5) is 10.9. The van der Waals surface area contributed by atoms with Gasteiger partial charge in [0.05, 0.1) is 31.2 Å². The van der Waals surface area contributed by atoms with E-state index < -0.39 is 0 Å². The van der Waals surface area contributed by atoms with Crippen molar-refractivity contribution in [3.63, 3.8) is 0 Å². The van der Waals surface area contributed by atoms with Crippen molar-refractivity contribution in [3.8, 4) is 17.3 Å². The van der Waals surface area contributed by atoms with Crippen molar-refractivity contribution in [2.24, 2.45) is 0 Å². The van der Waals surface area contributed by atoms with Gasteiger partial charge in [-0.15, -0.1) is 5.10 Å². The van der Waals surface area contributed by atoms with Gasteiger partial charge >= 0.3 is 0 Å². The molecule has 7 heteroatoms. The Kier molecular flexibility index (Phi) is 4.18. The smallest absolute Gasteiger partial charge is 0.213 e. The maximum atomic E-state index is 5.13. The molecule has 0 saturated heterocycles. The van der Waals surface area contributed by atoms with E-state index >= 15 is 0 Å². The Morgan fingerprint density at radius 2 is 1.87 bits per heavy atom. The van der Waals surface area contributed by atoms with Gasteiger partial charge in [0.2, 0.25) is 5.88 Å². The molecular formula is C16H18N6O. The largest absolute Gasteiger partial charge is 0.481 e. The highest BCUT2D eigenvalue weighted by atomic mass is 16.5. The monoisotopic (exact) mass is 310 g/mol. The molecule has 0 aromatic carbocycles. The lowest BCUT2D eigenvalue weighted by atomic mass is 10.3. The van der Waals surface area contributed by atoms with Crippen LogP contribution in [0.3, 0.4) is 0 Å². The van der Waals surface area contributed by atoms with E-state index in [1.54, 1.807) is 17.9 Å². The molecule has 3 aromatic rings. The molecule has 0 spiro atoms. The van der Waals surface area contributed by atoms with E-state index in [1.807, 2.05) is 55.5 Å². The normalized spacial score (nSPS) is 10.6. The minimum Gasteiger partial charge on any atom is -0.481 e. The van der Waals surface area contributed by atoms with Crippen LogP contribution in [0.2, 0.25) is 0 Å². The van der Waals surface area contributed by atoms with Crippen molar-refractivity contribution in [1.82, 2.24) is 25.0 Å². The molecule has 0 saturated carbocycles. The third kappa shape index (κ3) is 3.45. The first kappa shape index (κ1) is 15.0. The summed E-state index contributed by atoms with van der Waals surface area (Å²) in [6.07, 6.45) is 1.85. The Morgan fingerprint density at radius 1 is 1.04 bits per heavy atom. The number of nitrogens with zero attached hydrogens (tertiary/aromatic N) is 6. The third-order valence-corrected chi connectivity index (χ3v) is 3.31. The molecule has 7 nitrogen and oxygen atoms in total. The van der Waals surface area contributed by atoms with Gasteiger partial charge in [-0.2, -0.15) is 0 Å². The van der Waals surface area contributed by atoms with Gasteiger partial charge in [-0.1, -0.05) is 17.3 Å². The Hall–Kier alpha value is -2.96. The van der Waals surface area contributed by atoms with Crippen molar-refractivity contribution in [1.29, 1.82) is 0 Å². The third-order valence-electron chi connectivity index (χ3n) is 3.31. The lowest BCUT2D eigenvalue weighted by Gasteiger charge is -2.11. The van der Waals surface area contributed by atoms with Gasteiger partial charge in [0.25, 0.3) is 0 Å². The highest BCUT2D eigenvalue weighted by Gasteiger charge is 2.08. The summed E-state index contributed by atoms with van der Waals surface area (Å²) < 4.78 is 6.88. The van der Waals surface area contributed by atoms with Crippen LogP contribution < -0.4 is 9.64 Å². The maximum absolute atomic E-state index is 5.13. The Morgan fingerprint density at radius 3 is 2.65 bits per heavy atom. The molecule has 0 aliphatic heterocycles. The molecule has 0 aliphatic carbocycles. The van der Waals surface area contributed by atoms with Crippen molar-refractivity contribution in [2.45, 2.75) is 6.54 Å².